The lowest BCUT2D eigenvalue weighted by Gasteiger charge is -2.00. The topological polar surface area (TPSA) is 126 Å². The summed E-state index contributed by atoms with van der Waals surface area (Å²) in [5, 5.41) is 11.3. The van der Waals surface area contributed by atoms with Crippen molar-refractivity contribution in [1.29, 1.82) is 0 Å². The van der Waals surface area contributed by atoms with Gasteiger partial charge in [0, 0.05) is 12.4 Å². The number of H-pyrrole nitrogens is 1. The van der Waals surface area contributed by atoms with E-state index in [4.69, 9.17) is 0 Å². The van der Waals surface area contributed by atoms with Crippen LogP contribution >= 0.6 is 0 Å². The Morgan fingerprint density at radius 2 is 1.48 bits per heavy atom. The van der Waals surface area contributed by atoms with Gasteiger partial charge < -0.3 is 0 Å². The predicted molar refractivity (Wildman–Crippen MR) is 80.8 cm³/mol. The van der Waals surface area contributed by atoms with E-state index in [2.05, 4.69) is 35.8 Å². The Kier molecular flexibility index (Phi) is 4.01. The molecule has 0 aromatic carbocycles. The highest BCUT2D eigenvalue weighted by atomic mass is 16.2. The Morgan fingerprint density at radius 3 is 2.04 bits per heavy atom. The van der Waals surface area contributed by atoms with Gasteiger partial charge in [-0.2, -0.15) is 4.98 Å². The fraction of sp³-hybridized carbons (Fsp3) is 0. The first-order chi connectivity index (χ1) is 11.2. The van der Waals surface area contributed by atoms with E-state index in [1.54, 1.807) is 36.4 Å². The summed E-state index contributed by atoms with van der Waals surface area (Å²) in [5.74, 6) is -0.773. The summed E-state index contributed by atoms with van der Waals surface area (Å²) in [5.41, 5.74) is 0.472. The van der Waals surface area contributed by atoms with Crippen LogP contribution in [0, 0.1) is 0 Å². The van der Waals surface area contributed by atoms with Gasteiger partial charge in [0.25, 0.3) is 17.8 Å². The number of hydrogen-bond donors (Lipinski definition) is 3. The van der Waals surface area contributed by atoms with Gasteiger partial charge in [-0.1, -0.05) is 12.1 Å². The second-order valence-corrected chi connectivity index (χ2v) is 4.35. The van der Waals surface area contributed by atoms with Gasteiger partial charge in [-0.15, -0.1) is 5.10 Å². The smallest absolute Gasteiger partial charge is 0.276 e. The van der Waals surface area contributed by atoms with E-state index in [1.807, 2.05) is 0 Å². The Hall–Kier alpha value is -3.62. The number of carbonyl (C=O) groups is 2. The summed E-state index contributed by atoms with van der Waals surface area (Å²) in [6.45, 7) is 0. The summed E-state index contributed by atoms with van der Waals surface area (Å²) in [7, 11) is 0. The van der Waals surface area contributed by atoms with E-state index >= 15 is 0 Å². The van der Waals surface area contributed by atoms with Gasteiger partial charge >= 0.3 is 0 Å². The molecule has 0 unspecified atom stereocenters. The molecule has 3 rings (SSSR count). The molecule has 9 heteroatoms. The number of rotatable bonds is 4. The Bertz CT molecular complexity index is 749. The summed E-state index contributed by atoms with van der Waals surface area (Å²) in [4.78, 5) is 35.6. The maximum Gasteiger partial charge on any atom is 0.276 e. The van der Waals surface area contributed by atoms with Gasteiger partial charge in [0.05, 0.1) is 0 Å². The highest BCUT2D eigenvalue weighted by molar-refractivity contribution is 6.03. The Balaban J connectivity index is 1.64. The molecular formula is C14H11N7O2. The number of nitrogens with zero attached hydrogens (tertiary/aromatic N) is 4. The third kappa shape index (κ3) is 3.53. The van der Waals surface area contributed by atoms with Crippen molar-refractivity contribution in [1.82, 2.24) is 25.1 Å². The van der Waals surface area contributed by atoms with Crippen molar-refractivity contribution in [3.63, 3.8) is 0 Å². The number of nitrogens with one attached hydrogen (secondary N) is 3. The molecule has 0 bridgehead atoms. The molecule has 3 heterocycles. The van der Waals surface area contributed by atoms with Crippen molar-refractivity contribution in [3.05, 3.63) is 60.2 Å². The molecule has 0 atom stereocenters. The van der Waals surface area contributed by atoms with Crippen LogP contribution in [0.3, 0.4) is 0 Å². The Morgan fingerprint density at radius 1 is 0.870 bits per heavy atom. The van der Waals surface area contributed by atoms with Gasteiger partial charge in [0.1, 0.15) is 11.4 Å². The minimum Gasteiger partial charge on any atom is -0.289 e. The van der Waals surface area contributed by atoms with Crippen LogP contribution in [0.15, 0.2) is 48.8 Å². The number of aromatic nitrogens is 5. The average molecular weight is 309 g/mol. The van der Waals surface area contributed by atoms with Gasteiger partial charge in [-0.3, -0.25) is 30.2 Å². The number of anilines is 2. The predicted octanol–water partition coefficient (Wildman–Crippen LogP) is 1.10. The molecule has 2 amide bonds. The molecule has 3 aromatic heterocycles. The third-order valence-corrected chi connectivity index (χ3v) is 2.74. The third-order valence-electron chi connectivity index (χ3n) is 2.74. The van der Waals surface area contributed by atoms with E-state index in [1.165, 1.54) is 12.4 Å². The van der Waals surface area contributed by atoms with E-state index in [0.717, 1.165) is 0 Å². The molecule has 0 fully saturated rings. The number of aromatic amines is 1. The SMILES string of the molecule is O=C(Nc1n[nH]c(NC(=O)c2ccccn2)n1)c1ccccn1. The number of amides is 2. The molecule has 114 valence electrons. The van der Waals surface area contributed by atoms with Crippen molar-refractivity contribution >= 4 is 23.7 Å². The van der Waals surface area contributed by atoms with Crippen molar-refractivity contribution in [2.75, 3.05) is 10.6 Å². The number of carbonyl (C=O) groups excluding carboxylic acids is 2. The van der Waals surface area contributed by atoms with E-state index in [-0.39, 0.29) is 23.3 Å². The highest BCUT2D eigenvalue weighted by Gasteiger charge is 2.13. The van der Waals surface area contributed by atoms with Crippen molar-refractivity contribution in [3.8, 4) is 0 Å². The second kappa shape index (κ2) is 6.43. The molecule has 0 aliphatic carbocycles. The summed E-state index contributed by atoms with van der Waals surface area (Å²) in [6, 6.07) is 9.92. The fourth-order valence-corrected chi connectivity index (χ4v) is 1.70. The number of hydrogen-bond acceptors (Lipinski definition) is 6. The maximum atomic E-state index is 11.9. The normalized spacial score (nSPS) is 10.1. The lowest BCUT2D eigenvalue weighted by molar-refractivity contribution is 0.101. The lowest BCUT2D eigenvalue weighted by Crippen LogP contribution is -2.15. The van der Waals surface area contributed by atoms with Gasteiger partial charge in [0.15, 0.2) is 0 Å². The van der Waals surface area contributed by atoms with E-state index in [9.17, 15) is 9.59 Å². The fourth-order valence-electron chi connectivity index (χ4n) is 1.70. The molecule has 3 aromatic rings. The molecule has 0 radical (unpaired) electrons. The summed E-state index contributed by atoms with van der Waals surface area (Å²) in [6.07, 6.45) is 3.01. The monoisotopic (exact) mass is 309 g/mol. The first-order valence-corrected chi connectivity index (χ1v) is 6.59. The van der Waals surface area contributed by atoms with Crippen LogP contribution in [0.2, 0.25) is 0 Å². The van der Waals surface area contributed by atoms with Gasteiger partial charge in [0.2, 0.25) is 5.95 Å². The molecule has 0 saturated carbocycles. The molecular weight excluding hydrogens is 298 g/mol. The molecule has 0 aliphatic rings. The first-order valence-electron chi connectivity index (χ1n) is 6.59. The lowest BCUT2D eigenvalue weighted by atomic mass is 10.3. The minimum absolute atomic E-state index is 0.0250. The largest absolute Gasteiger partial charge is 0.289 e. The molecule has 9 nitrogen and oxygen atoms in total. The van der Waals surface area contributed by atoms with Crippen molar-refractivity contribution in [2.45, 2.75) is 0 Å². The minimum atomic E-state index is -0.452. The van der Waals surface area contributed by atoms with Crippen LogP contribution in [0.5, 0.6) is 0 Å². The van der Waals surface area contributed by atoms with Crippen LogP contribution in [0.1, 0.15) is 21.0 Å². The van der Waals surface area contributed by atoms with Crippen LogP contribution in [-0.2, 0) is 0 Å². The second-order valence-electron chi connectivity index (χ2n) is 4.35. The van der Waals surface area contributed by atoms with Crippen LogP contribution in [-0.4, -0.2) is 37.0 Å². The van der Waals surface area contributed by atoms with Crippen LogP contribution in [0.4, 0.5) is 11.9 Å². The van der Waals surface area contributed by atoms with Crippen molar-refractivity contribution < 1.29 is 9.59 Å². The Labute approximate surface area is 130 Å². The van der Waals surface area contributed by atoms with E-state index in [0.29, 0.717) is 0 Å². The quantitative estimate of drug-likeness (QED) is 0.662. The molecule has 0 spiro atoms. The van der Waals surface area contributed by atoms with Gasteiger partial charge in [-0.05, 0) is 24.3 Å². The zero-order valence-electron chi connectivity index (χ0n) is 11.7. The molecule has 0 saturated heterocycles. The molecule has 3 N–H and O–H groups in total. The molecule has 0 aliphatic heterocycles. The van der Waals surface area contributed by atoms with Crippen LogP contribution in [0.25, 0.3) is 0 Å². The first kappa shape index (κ1) is 14.3. The average Bonchev–Trinajstić information content (AvgIpc) is 3.03. The number of pyridine rings is 2. The summed E-state index contributed by atoms with van der Waals surface area (Å²) < 4.78 is 0. The zero-order chi connectivity index (χ0) is 16.1. The molecule has 23 heavy (non-hydrogen) atoms. The van der Waals surface area contributed by atoms with E-state index < -0.39 is 11.8 Å². The van der Waals surface area contributed by atoms with Crippen LogP contribution < -0.4 is 10.6 Å². The summed E-state index contributed by atoms with van der Waals surface area (Å²) >= 11 is 0. The zero-order valence-corrected chi connectivity index (χ0v) is 11.7. The van der Waals surface area contributed by atoms with Gasteiger partial charge in [-0.25, -0.2) is 5.10 Å². The van der Waals surface area contributed by atoms with Crippen molar-refractivity contribution in [2.24, 2.45) is 0 Å². The maximum absolute atomic E-state index is 11.9. The standard InChI is InChI=1S/C14H11N7O2/c22-11(9-5-1-3-7-15-9)17-13-19-14(21-20-13)18-12(23)10-6-2-4-8-16-10/h1-8H,(H3,17,18,19,20,21,22,23). The highest BCUT2D eigenvalue weighted by Crippen LogP contribution is 2.06.